The molecule has 2 atom stereocenters. The van der Waals surface area contributed by atoms with Crippen LogP contribution in [0.2, 0.25) is 5.02 Å². The zero-order valence-electron chi connectivity index (χ0n) is 16.6. The van der Waals surface area contributed by atoms with Gasteiger partial charge in [-0.05, 0) is 43.0 Å². The van der Waals surface area contributed by atoms with Crippen LogP contribution in [0.25, 0.3) is 0 Å². The molecule has 4 rings (SSSR count). The number of para-hydroxylation sites is 1. The molecule has 156 valence electrons. The van der Waals surface area contributed by atoms with Gasteiger partial charge in [-0.3, -0.25) is 25.2 Å². The van der Waals surface area contributed by atoms with Crippen LogP contribution in [-0.2, 0) is 16.0 Å². The Bertz CT molecular complexity index is 978. The predicted octanol–water partition coefficient (Wildman–Crippen LogP) is 3.50. The minimum atomic E-state index is -0.485. The normalized spacial score (nSPS) is 20.4. The van der Waals surface area contributed by atoms with Crippen LogP contribution in [0.4, 0.5) is 5.69 Å². The standard InChI is InChI=1S/C23H24ClN3O3/c24-19-11-5-4-10-18(19)22(29)26-25-21(28)16-8-2-3-9-17(16)23(30)27-14-13-15-7-1-6-12-20(15)27/h1,4-7,10-12,16-17H,2-3,8-9,13-14H2,(H,25,28)(H,26,29). The number of carbonyl (C=O) groups is 3. The average Bonchev–Trinajstić information content (AvgIpc) is 3.21. The van der Waals surface area contributed by atoms with Gasteiger partial charge in [-0.15, -0.1) is 0 Å². The lowest BCUT2D eigenvalue weighted by Crippen LogP contribution is -2.50. The number of anilines is 1. The van der Waals surface area contributed by atoms with Gasteiger partial charge in [0.25, 0.3) is 5.91 Å². The fourth-order valence-corrected chi connectivity index (χ4v) is 4.65. The Kier molecular flexibility index (Phi) is 6.04. The molecule has 2 unspecified atom stereocenters. The number of benzene rings is 2. The molecule has 2 aliphatic rings. The summed E-state index contributed by atoms with van der Waals surface area (Å²) in [5, 5.41) is 0.308. The molecule has 0 saturated heterocycles. The maximum Gasteiger partial charge on any atom is 0.271 e. The van der Waals surface area contributed by atoms with E-state index in [2.05, 4.69) is 10.9 Å². The Labute approximate surface area is 180 Å². The first-order chi connectivity index (χ1) is 14.6. The molecule has 3 amide bonds. The van der Waals surface area contributed by atoms with E-state index in [-0.39, 0.29) is 23.3 Å². The molecule has 1 fully saturated rings. The van der Waals surface area contributed by atoms with Gasteiger partial charge in [-0.1, -0.05) is 54.8 Å². The second-order valence-corrected chi connectivity index (χ2v) is 8.20. The third kappa shape index (κ3) is 4.05. The highest BCUT2D eigenvalue weighted by Crippen LogP contribution is 2.35. The zero-order chi connectivity index (χ0) is 21.1. The number of nitrogens with zero attached hydrogens (tertiary/aromatic N) is 1. The average molecular weight is 426 g/mol. The molecule has 0 aromatic heterocycles. The monoisotopic (exact) mass is 425 g/mol. The number of hydrogen-bond acceptors (Lipinski definition) is 3. The second kappa shape index (κ2) is 8.88. The summed E-state index contributed by atoms with van der Waals surface area (Å²) in [6, 6.07) is 14.5. The van der Waals surface area contributed by atoms with Gasteiger partial charge >= 0.3 is 0 Å². The maximum atomic E-state index is 13.3. The van der Waals surface area contributed by atoms with Crippen molar-refractivity contribution in [3.63, 3.8) is 0 Å². The van der Waals surface area contributed by atoms with E-state index in [0.29, 0.717) is 24.4 Å². The summed E-state index contributed by atoms with van der Waals surface area (Å²) in [7, 11) is 0. The summed E-state index contributed by atoms with van der Waals surface area (Å²) in [5.74, 6) is -1.67. The van der Waals surface area contributed by atoms with E-state index in [1.165, 1.54) is 0 Å². The lowest BCUT2D eigenvalue weighted by molar-refractivity contribution is -0.135. The summed E-state index contributed by atoms with van der Waals surface area (Å²) in [5.41, 5.74) is 7.33. The van der Waals surface area contributed by atoms with Crippen LogP contribution in [0, 0.1) is 11.8 Å². The van der Waals surface area contributed by atoms with Crippen LogP contribution in [-0.4, -0.2) is 24.3 Å². The summed E-state index contributed by atoms with van der Waals surface area (Å²) in [4.78, 5) is 40.3. The van der Waals surface area contributed by atoms with Gasteiger partial charge in [0, 0.05) is 12.2 Å². The lowest BCUT2D eigenvalue weighted by Gasteiger charge is -2.32. The van der Waals surface area contributed by atoms with Crippen molar-refractivity contribution in [2.75, 3.05) is 11.4 Å². The topological polar surface area (TPSA) is 78.5 Å². The van der Waals surface area contributed by atoms with E-state index in [4.69, 9.17) is 11.6 Å². The smallest absolute Gasteiger partial charge is 0.271 e. The molecule has 0 radical (unpaired) electrons. The van der Waals surface area contributed by atoms with Crippen LogP contribution in [0.3, 0.4) is 0 Å². The molecule has 0 spiro atoms. The van der Waals surface area contributed by atoms with Crippen molar-refractivity contribution < 1.29 is 14.4 Å². The number of nitrogens with one attached hydrogen (secondary N) is 2. The Morgan fingerprint density at radius 2 is 1.60 bits per heavy atom. The number of fused-ring (bicyclic) bond motifs is 1. The Morgan fingerprint density at radius 1 is 0.900 bits per heavy atom. The minimum absolute atomic E-state index is 0.00256. The number of rotatable bonds is 3. The summed E-state index contributed by atoms with van der Waals surface area (Å²) in [6.07, 6.45) is 3.94. The van der Waals surface area contributed by atoms with Crippen LogP contribution in [0.1, 0.15) is 41.6 Å². The van der Waals surface area contributed by atoms with Crippen LogP contribution >= 0.6 is 11.6 Å². The summed E-state index contributed by atoms with van der Waals surface area (Å²) in [6.45, 7) is 0.645. The van der Waals surface area contributed by atoms with Crippen molar-refractivity contribution in [1.29, 1.82) is 0 Å². The molecule has 0 bridgehead atoms. The molecule has 1 saturated carbocycles. The first-order valence-electron chi connectivity index (χ1n) is 10.3. The van der Waals surface area contributed by atoms with Crippen molar-refractivity contribution >= 4 is 35.0 Å². The second-order valence-electron chi connectivity index (χ2n) is 7.79. The summed E-state index contributed by atoms with van der Waals surface area (Å²) < 4.78 is 0. The Hall–Kier alpha value is -2.86. The number of amides is 3. The van der Waals surface area contributed by atoms with Crippen LogP contribution in [0.5, 0.6) is 0 Å². The molecule has 7 heteroatoms. The molecule has 30 heavy (non-hydrogen) atoms. The number of halogens is 1. The quantitative estimate of drug-likeness (QED) is 0.739. The molecular formula is C23H24ClN3O3. The van der Waals surface area contributed by atoms with Crippen LogP contribution in [0.15, 0.2) is 48.5 Å². The van der Waals surface area contributed by atoms with Crippen molar-refractivity contribution in [3.05, 3.63) is 64.7 Å². The molecule has 2 N–H and O–H groups in total. The highest BCUT2D eigenvalue weighted by molar-refractivity contribution is 6.33. The van der Waals surface area contributed by atoms with Gasteiger partial charge in [0.05, 0.1) is 22.4 Å². The fraction of sp³-hybridized carbons (Fsp3) is 0.348. The van der Waals surface area contributed by atoms with Gasteiger partial charge in [-0.25, -0.2) is 0 Å². The number of hydrazine groups is 1. The SMILES string of the molecule is O=C(NNC(=O)C1CCCCC1C(=O)N1CCc2ccccc21)c1ccccc1Cl. The molecule has 2 aromatic rings. The Balaban J connectivity index is 1.43. The van der Waals surface area contributed by atoms with E-state index in [1.54, 1.807) is 24.3 Å². The van der Waals surface area contributed by atoms with Crippen molar-refractivity contribution in [1.82, 2.24) is 10.9 Å². The maximum absolute atomic E-state index is 13.3. The zero-order valence-corrected chi connectivity index (χ0v) is 17.3. The first-order valence-corrected chi connectivity index (χ1v) is 10.7. The molecule has 1 heterocycles. The van der Waals surface area contributed by atoms with E-state index < -0.39 is 11.8 Å². The largest absolute Gasteiger partial charge is 0.312 e. The van der Waals surface area contributed by atoms with Crippen molar-refractivity contribution in [2.45, 2.75) is 32.1 Å². The third-order valence-corrected chi connectivity index (χ3v) is 6.32. The molecule has 6 nitrogen and oxygen atoms in total. The summed E-state index contributed by atoms with van der Waals surface area (Å²) >= 11 is 6.04. The Morgan fingerprint density at radius 3 is 2.40 bits per heavy atom. The third-order valence-electron chi connectivity index (χ3n) is 5.99. The first kappa shape index (κ1) is 20.4. The van der Waals surface area contributed by atoms with E-state index >= 15 is 0 Å². The van der Waals surface area contributed by atoms with Gasteiger partial charge < -0.3 is 4.90 Å². The molecule has 1 aliphatic heterocycles. The van der Waals surface area contributed by atoms with E-state index in [0.717, 1.165) is 30.5 Å². The van der Waals surface area contributed by atoms with Gasteiger partial charge in [0.2, 0.25) is 11.8 Å². The van der Waals surface area contributed by atoms with E-state index in [9.17, 15) is 14.4 Å². The van der Waals surface area contributed by atoms with Crippen LogP contribution < -0.4 is 15.8 Å². The highest BCUT2D eigenvalue weighted by atomic mass is 35.5. The number of hydrogen-bond donors (Lipinski definition) is 2. The molecular weight excluding hydrogens is 402 g/mol. The predicted molar refractivity (Wildman–Crippen MR) is 115 cm³/mol. The highest BCUT2D eigenvalue weighted by Gasteiger charge is 2.39. The van der Waals surface area contributed by atoms with Gasteiger partial charge in [0.15, 0.2) is 0 Å². The fourth-order valence-electron chi connectivity index (χ4n) is 4.43. The molecule has 2 aromatic carbocycles. The molecule has 1 aliphatic carbocycles. The van der Waals surface area contributed by atoms with Crippen molar-refractivity contribution in [2.24, 2.45) is 11.8 Å². The lowest BCUT2D eigenvalue weighted by atomic mass is 9.78. The van der Waals surface area contributed by atoms with Crippen molar-refractivity contribution in [3.8, 4) is 0 Å². The van der Waals surface area contributed by atoms with E-state index in [1.807, 2.05) is 29.2 Å². The van der Waals surface area contributed by atoms with Gasteiger partial charge in [-0.2, -0.15) is 0 Å². The van der Waals surface area contributed by atoms with Gasteiger partial charge in [0.1, 0.15) is 0 Å². The number of carbonyl (C=O) groups excluding carboxylic acids is 3. The minimum Gasteiger partial charge on any atom is -0.312 e.